The lowest BCUT2D eigenvalue weighted by molar-refractivity contribution is 0.0470. The number of fused-ring (bicyclic) bond motifs is 1. The molecule has 1 nitrogen and oxygen atoms in total. The molecule has 0 heterocycles. The second kappa shape index (κ2) is 6.20. The summed E-state index contributed by atoms with van der Waals surface area (Å²) in [5, 5.41) is 10.7. The number of aliphatic hydroxyl groups is 1. The molecular weight excluding hydrogens is 268 g/mol. The third kappa shape index (κ3) is 3.63. The number of hydrogen-bond acceptors (Lipinski definition) is 1. The Morgan fingerprint density at radius 2 is 1.86 bits per heavy atom. The van der Waals surface area contributed by atoms with Crippen molar-refractivity contribution in [2.24, 2.45) is 11.3 Å². The van der Waals surface area contributed by atoms with Gasteiger partial charge in [0.25, 0.3) is 0 Å². The standard InChI is InChI=1S/C21H32O/c1-15-8-7-9-16(2)12-13-21(6)14-17(3)19(20(4,5)22)18(21)11-10-15/h8,11-12,19,22H,3,7,9-10,13-14H2,1-2,4-6H3/b15-8+,16-12+,18-11-/t19-,21+/m1/s1. The van der Waals surface area contributed by atoms with E-state index in [2.05, 4.69) is 45.6 Å². The predicted molar refractivity (Wildman–Crippen MR) is 95.7 cm³/mol. The Morgan fingerprint density at radius 3 is 2.50 bits per heavy atom. The van der Waals surface area contributed by atoms with Crippen molar-refractivity contribution >= 4 is 0 Å². The largest absolute Gasteiger partial charge is 0.390 e. The summed E-state index contributed by atoms with van der Waals surface area (Å²) in [6, 6.07) is 0. The number of rotatable bonds is 1. The molecule has 1 fully saturated rings. The summed E-state index contributed by atoms with van der Waals surface area (Å²) >= 11 is 0. The van der Waals surface area contributed by atoms with Crippen LogP contribution in [0.5, 0.6) is 0 Å². The molecule has 0 aromatic carbocycles. The summed E-state index contributed by atoms with van der Waals surface area (Å²) in [4.78, 5) is 0. The number of allylic oxidation sites excluding steroid dienone is 5. The maximum absolute atomic E-state index is 10.7. The minimum Gasteiger partial charge on any atom is -0.390 e. The monoisotopic (exact) mass is 300 g/mol. The summed E-state index contributed by atoms with van der Waals surface area (Å²) in [6.07, 6.45) is 12.5. The third-order valence-electron chi connectivity index (χ3n) is 5.32. The maximum Gasteiger partial charge on any atom is 0.0694 e. The summed E-state index contributed by atoms with van der Waals surface area (Å²) in [5.41, 5.74) is 4.85. The van der Waals surface area contributed by atoms with Gasteiger partial charge in [0.2, 0.25) is 0 Å². The molecule has 2 atom stereocenters. The highest BCUT2D eigenvalue weighted by Gasteiger charge is 2.47. The van der Waals surface area contributed by atoms with E-state index in [0.29, 0.717) is 0 Å². The zero-order chi connectivity index (χ0) is 16.5. The lowest BCUT2D eigenvalue weighted by Crippen LogP contribution is -2.32. The van der Waals surface area contributed by atoms with Gasteiger partial charge >= 0.3 is 0 Å². The first-order chi connectivity index (χ1) is 10.1. The van der Waals surface area contributed by atoms with Gasteiger partial charge in [-0.1, -0.05) is 54.0 Å². The van der Waals surface area contributed by atoms with Crippen LogP contribution in [0.2, 0.25) is 0 Å². The molecule has 0 aliphatic heterocycles. The van der Waals surface area contributed by atoms with Crippen LogP contribution >= 0.6 is 0 Å². The van der Waals surface area contributed by atoms with E-state index in [9.17, 15) is 5.11 Å². The van der Waals surface area contributed by atoms with Gasteiger partial charge in [-0.05, 0) is 65.2 Å². The van der Waals surface area contributed by atoms with Crippen LogP contribution in [0.15, 0.2) is 47.1 Å². The highest BCUT2D eigenvalue weighted by Crippen LogP contribution is 2.55. The minimum absolute atomic E-state index is 0.0831. The molecular formula is C21H32O. The molecule has 1 heteroatoms. The van der Waals surface area contributed by atoms with Crippen LogP contribution in [0.1, 0.15) is 66.7 Å². The molecule has 1 saturated carbocycles. The summed E-state index contributed by atoms with van der Waals surface area (Å²) in [6.45, 7) is 14.9. The van der Waals surface area contributed by atoms with E-state index in [1.165, 1.54) is 22.3 Å². The molecule has 2 aliphatic carbocycles. The fourth-order valence-corrected chi connectivity index (χ4v) is 4.11. The lowest BCUT2D eigenvalue weighted by atomic mass is 9.75. The first-order valence-corrected chi connectivity index (χ1v) is 8.55. The van der Waals surface area contributed by atoms with Crippen molar-refractivity contribution in [3.63, 3.8) is 0 Å². The quantitative estimate of drug-likeness (QED) is 0.613. The molecule has 2 rings (SSSR count). The van der Waals surface area contributed by atoms with Crippen molar-refractivity contribution in [3.05, 3.63) is 47.1 Å². The maximum atomic E-state index is 10.7. The van der Waals surface area contributed by atoms with Crippen LogP contribution in [0.25, 0.3) is 0 Å². The van der Waals surface area contributed by atoms with Gasteiger partial charge in [0.05, 0.1) is 5.60 Å². The van der Waals surface area contributed by atoms with Crippen molar-refractivity contribution in [1.29, 1.82) is 0 Å². The van der Waals surface area contributed by atoms with Gasteiger partial charge in [0, 0.05) is 5.92 Å². The second-order valence-corrected chi connectivity index (χ2v) is 8.19. The zero-order valence-electron chi connectivity index (χ0n) is 15.0. The first-order valence-electron chi connectivity index (χ1n) is 8.55. The molecule has 0 saturated heterocycles. The Morgan fingerprint density at radius 1 is 1.18 bits per heavy atom. The van der Waals surface area contributed by atoms with Gasteiger partial charge in [0.1, 0.15) is 0 Å². The van der Waals surface area contributed by atoms with Crippen molar-refractivity contribution in [3.8, 4) is 0 Å². The van der Waals surface area contributed by atoms with Gasteiger partial charge in [-0.15, -0.1) is 0 Å². The van der Waals surface area contributed by atoms with E-state index in [-0.39, 0.29) is 11.3 Å². The van der Waals surface area contributed by atoms with Gasteiger partial charge in [-0.3, -0.25) is 0 Å². The Bertz CT molecular complexity index is 539. The normalized spacial score (nSPS) is 38.0. The fourth-order valence-electron chi connectivity index (χ4n) is 4.11. The van der Waals surface area contributed by atoms with Crippen LogP contribution in [0.3, 0.4) is 0 Å². The van der Waals surface area contributed by atoms with E-state index < -0.39 is 5.60 Å². The van der Waals surface area contributed by atoms with Gasteiger partial charge < -0.3 is 5.11 Å². The Hall–Kier alpha value is -1.08. The average molecular weight is 300 g/mol. The van der Waals surface area contributed by atoms with Crippen LogP contribution < -0.4 is 0 Å². The topological polar surface area (TPSA) is 20.2 Å². The zero-order valence-corrected chi connectivity index (χ0v) is 15.0. The fraction of sp³-hybridized carbons (Fsp3) is 0.619. The molecule has 0 aromatic heterocycles. The summed E-state index contributed by atoms with van der Waals surface area (Å²) in [5.74, 6) is 0.0831. The van der Waals surface area contributed by atoms with E-state index in [0.717, 1.165) is 32.1 Å². The Labute approximate surface area is 136 Å². The predicted octanol–water partition coefficient (Wildman–Crippen LogP) is 5.73. The second-order valence-electron chi connectivity index (χ2n) is 8.19. The Kier molecular flexibility index (Phi) is 4.87. The van der Waals surface area contributed by atoms with Gasteiger partial charge in [-0.25, -0.2) is 0 Å². The van der Waals surface area contributed by atoms with E-state index in [4.69, 9.17) is 0 Å². The van der Waals surface area contributed by atoms with Crippen LogP contribution in [-0.4, -0.2) is 10.7 Å². The van der Waals surface area contributed by atoms with Gasteiger partial charge in [-0.2, -0.15) is 0 Å². The van der Waals surface area contributed by atoms with Crippen LogP contribution in [0.4, 0.5) is 0 Å². The van der Waals surface area contributed by atoms with Gasteiger partial charge in [0.15, 0.2) is 0 Å². The first kappa shape index (κ1) is 17.3. The van der Waals surface area contributed by atoms with Crippen molar-refractivity contribution in [1.82, 2.24) is 0 Å². The van der Waals surface area contributed by atoms with Crippen molar-refractivity contribution in [2.45, 2.75) is 72.3 Å². The van der Waals surface area contributed by atoms with Crippen LogP contribution in [-0.2, 0) is 0 Å². The number of hydrogen-bond donors (Lipinski definition) is 1. The lowest BCUT2D eigenvalue weighted by Gasteiger charge is -2.32. The molecule has 0 amide bonds. The smallest absolute Gasteiger partial charge is 0.0694 e. The highest BCUT2D eigenvalue weighted by atomic mass is 16.3. The summed E-state index contributed by atoms with van der Waals surface area (Å²) < 4.78 is 0. The summed E-state index contributed by atoms with van der Waals surface area (Å²) in [7, 11) is 0. The SMILES string of the molecule is C=C1C[C@]2(C)C/C=C(\C)CC/C=C(\C)C/C=C\2[C@@H]1C(C)(C)O. The molecule has 0 unspecified atom stereocenters. The highest BCUT2D eigenvalue weighted by molar-refractivity contribution is 5.39. The van der Waals surface area contributed by atoms with E-state index >= 15 is 0 Å². The molecule has 0 spiro atoms. The minimum atomic E-state index is -0.739. The molecule has 2 aliphatic rings. The third-order valence-corrected chi connectivity index (χ3v) is 5.32. The van der Waals surface area contributed by atoms with Crippen molar-refractivity contribution < 1.29 is 5.11 Å². The molecule has 122 valence electrons. The average Bonchev–Trinajstić information content (AvgIpc) is 2.63. The van der Waals surface area contributed by atoms with E-state index in [1.54, 1.807) is 0 Å². The molecule has 22 heavy (non-hydrogen) atoms. The molecule has 1 N–H and O–H groups in total. The Balaban J connectivity index is 2.48. The molecule has 0 radical (unpaired) electrons. The van der Waals surface area contributed by atoms with Crippen molar-refractivity contribution in [2.75, 3.05) is 0 Å². The van der Waals surface area contributed by atoms with Crippen LogP contribution in [0, 0.1) is 11.3 Å². The van der Waals surface area contributed by atoms with E-state index in [1.807, 2.05) is 13.8 Å². The molecule has 0 bridgehead atoms. The molecule has 0 aromatic rings.